The lowest BCUT2D eigenvalue weighted by Gasteiger charge is -2.07. The highest BCUT2D eigenvalue weighted by Crippen LogP contribution is 2.13. The fourth-order valence-corrected chi connectivity index (χ4v) is 3.38. The van der Waals surface area contributed by atoms with Crippen LogP contribution in [-0.2, 0) is 13.0 Å². The maximum absolute atomic E-state index is 13.4. The van der Waals surface area contributed by atoms with Crippen molar-refractivity contribution in [3.63, 3.8) is 0 Å². The largest absolute Gasteiger partial charge is 0.294 e. The van der Waals surface area contributed by atoms with E-state index in [0.717, 1.165) is 40.8 Å². The zero-order chi connectivity index (χ0) is 24.1. The van der Waals surface area contributed by atoms with Gasteiger partial charge in [0.25, 0.3) is 5.56 Å². The van der Waals surface area contributed by atoms with Crippen LogP contribution in [0.5, 0.6) is 0 Å². The SMILES string of the molecule is CCc1ncc2cc(C#CCCC(=O)c3cncn(Cc4ccc(F)c(F)c4)c3=O)ccc2n1. The second kappa shape index (κ2) is 10.1. The van der Waals surface area contributed by atoms with Crippen LogP contribution in [0.15, 0.2) is 59.9 Å². The zero-order valence-corrected chi connectivity index (χ0v) is 18.4. The molecule has 0 amide bonds. The minimum Gasteiger partial charge on any atom is -0.294 e. The Morgan fingerprint density at radius 2 is 1.94 bits per heavy atom. The van der Waals surface area contributed by atoms with Gasteiger partial charge in [0, 0.05) is 42.6 Å². The van der Waals surface area contributed by atoms with Gasteiger partial charge in [-0.25, -0.2) is 23.7 Å². The molecular formula is C26H20F2N4O2. The molecule has 2 heterocycles. The van der Waals surface area contributed by atoms with Crippen LogP contribution in [0.2, 0.25) is 0 Å². The topological polar surface area (TPSA) is 77.7 Å². The lowest BCUT2D eigenvalue weighted by atomic mass is 10.1. The Balaban J connectivity index is 1.42. The van der Waals surface area contributed by atoms with Crippen LogP contribution < -0.4 is 5.56 Å². The van der Waals surface area contributed by atoms with E-state index in [1.54, 1.807) is 6.20 Å². The predicted octanol–water partition coefficient (Wildman–Crippen LogP) is 4.09. The molecule has 0 atom stereocenters. The molecule has 34 heavy (non-hydrogen) atoms. The Hall–Kier alpha value is -4.25. The molecular weight excluding hydrogens is 438 g/mol. The molecule has 0 unspecified atom stereocenters. The summed E-state index contributed by atoms with van der Waals surface area (Å²) in [5.41, 5.74) is 1.40. The highest BCUT2D eigenvalue weighted by atomic mass is 19.2. The fourth-order valence-electron chi connectivity index (χ4n) is 3.38. The van der Waals surface area contributed by atoms with Gasteiger partial charge in [0.05, 0.1) is 18.4 Å². The Kier molecular flexibility index (Phi) is 6.83. The fraction of sp³-hybridized carbons (Fsp3) is 0.192. The number of carbonyl (C=O) groups is 1. The molecule has 2 aromatic carbocycles. The molecule has 0 bridgehead atoms. The third-order valence-corrected chi connectivity index (χ3v) is 5.19. The van der Waals surface area contributed by atoms with Crippen LogP contribution in [0.25, 0.3) is 10.9 Å². The lowest BCUT2D eigenvalue weighted by Crippen LogP contribution is -2.27. The van der Waals surface area contributed by atoms with Gasteiger partial charge in [-0.2, -0.15) is 0 Å². The second-order valence-corrected chi connectivity index (χ2v) is 7.63. The standard InChI is InChI=1S/C26H20F2N4O2/c1-2-25-30-13-19-11-17(8-10-23(19)31-25)5-3-4-6-24(33)20-14-29-16-32(26(20)34)15-18-7-9-21(27)22(28)12-18/h7-14,16H,2,4,6,15H2,1H3. The molecule has 0 saturated carbocycles. The Bertz CT molecular complexity index is 1500. The molecule has 170 valence electrons. The molecule has 0 spiro atoms. The molecule has 0 aliphatic heterocycles. The molecule has 4 aromatic rings. The van der Waals surface area contributed by atoms with E-state index in [1.165, 1.54) is 23.2 Å². The van der Waals surface area contributed by atoms with E-state index in [4.69, 9.17) is 0 Å². The Morgan fingerprint density at radius 3 is 2.74 bits per heavy atom. The summed E-state index contributed by atoms with van der Waals surface area (Å²) in [4.78, 5) is 37.9. The van der Waals surface area contributed by atoms with E-state index in [9.17, 15) is 18.4 Å². The van der Waals surface area contributed by atoms with Crippen molar-refractivity contribution in [1.29, 1.82) is 0 Å². The number of aryl methyl sites for hydroxylation is 1. The van der Waals surface area contributed by atoms with Gasteiger partial charge in [0.1, 0.15) is 11.4 Å². The molecule has 6 nitrogen and oxygen atoms in total. The van der Waals surface area contributed by atoms with Crippen LogP contribution in [0.1, 0.15) is 47.1 Å². The van der Waals surface area contributed by atoms with Crippen molar-refractivity contribution in [3.8, 4) is 11.8 Å². The summed E-state index contributed by atoms with van der Waals surface area (Å²) in [6.45, 7) is 1.96. The lowest BCUT2D eigenvalue weighted by molar-refractivity contribution is 0.0982. The normalized spacial score (nSPS) is 10.7. The quantitative estimate of drug-likeness (QED) is 0.321. The van der Waals surface area contributed by atoms with Crippen LogP contribution >= 0.6 is 0 Å². The van der Waals surface area contributed by atoms with Crippen molar-refractivity contribution in [2.75, 3.05) is 0 Å². The number of ketones is 1. The van der Waals surface area contributed by atoms with E-state index >= 15 is 0 Å². The van der Waals surface area contributed by atoms with Crippen molar-refractivity contribution >= 4 is 16.7 Å². The Morgan fingerprint density at radius 1 is 1.09 bits per heavy atom. The molecule has 0 saturated heterocycles. The van der Waals surface area contributed by atoms with E-state index < -0.39 is 17.2 Å². The third-order valence-electron chi connectivity index (χ3n) is 5.19. The number of carbonyl (C=O) groups excluding carboxylic acids is 1. The number of hydrogen-bond acceptors (Lipinski definition) is 5. The maximum atomic E-state index is 13.4. The van der Waals surface area contributed by atoms with E-state index in [2.05, 4.69) is 26.8 Å². The Labute approximate surface area is 194 Å². The molecule has 0 fully saturated rings. The molecule has 8 heteroatoms. The summed E-state index contributed by atoms with van der Waals surface area (Å²) in [5, 5.41) is 0.886. The molecule has 0 N–H and O–H groups in total. The van der Waals surface area contributed by atoms with E-state index in [1.807, 2.05) is 25.1 Å². The summed E-state index contributed by atoms with van der Waals surface area (Å²) >= 11 is 0. The molecule has 0 aliphatic rings. The minimum absolute atomic E-state index is 0.0324. The highest BCUT2D eigenvalue weighted by molar-refractivity contribution is 5.95. The number of Topliss-reactive ketones (excluding diaryl/α,β-unsaturated/α-hetero) is 1. The molecule has 2 aromatic heterocycles. The average Bonchev–Trinajstić information content (AvgIpc) is 2.84. The summed E-state index contributed by atoms with van der Waals surface area (Å²) in [7, 11) is 0. The van der Waals surface area contributed by atoms with E-state index in [-0.39, 0.29) is 30.7 Å². The second-order valence-electron chi connectivity index (χ2n) is 7.63. The first-order valence-corrected chi connectivity index (χ1v) is 10.7. The van der Waals surface area contributed by atoms with Crippen LogP contribution in [0, 0.1) is 23.5 Å². The predicted molar refractivity (Wildman–Crippen MR) is 123 cm³/mol. The van der Waals surface area contributed by atoms with E-state index in [0.29, 0.717) is 5.56 Å². The number of nitrogens with zero attached hydrogens (tertiary/aromatic N) is 4. The van der Waals surface area contributed by atoms with Crippen LogP contribution in [0.4, 0.5) is 8.78 Å². The van der Waals surface area contributed by atoms with Gasteiger partial charge in [0.2, 0.25) is 0 Å². The smallest absolute Gasteiger partial charge is 0.264 e. The first kappa shape index (κ1) is 22.9. The molecule has 4 rings (SSSR count). The van der Waals surface area contributed by atoms with Gasteiger partial charge in [-0.1, -0.05) is 24.8 Å². The van der Waals surface area contributed by atoms with Gasteiger partial charge in [-0.3, -0.25) is 14.2 Å². The monoisotopic (exact) mass is 458 g/mol. The van der Waals surface area contributed by atoms with Crippen molar-refractivity contribution in [3.05, 3.63) is 99.6 Å². The number of fused-ring (bicyclic) bond motifs is 1. The van der Waals surface area contributed by atoms with Gasteiger partial charge >= 0.3 is 0 Å². The number of hydrogen-bond donors (Lipinski definition) is 0. The van der Waals surface area contributed by atoms with Gasteiger partial charge in [0.15, 0.2) is 17.4 Å². The summed E-state index contributed by atoms with van der Waals surface area (Å²) in [5.74, 6) is 4.40. The third kappa shape index (κ3) is 5.21. The maximum Gasteiger partial charge on any atom is 0.264 e. The number of aromatic nitrogens is 4. The van der Waals surface area contributed by atoms with Crippen LogP contribution in [-0.4, -0.2) is 25.3 Å². The van der Waals surface area contributed by atoms with Gasteiger partial charge in [-0.15, -0.1) is 0 Å². The van der Waals surface area contributed by atoms with Crippen LogP contribution in [0.3, 0.4) is 0 Å². The number of halogens is 2. The van der Waals surface area contributed by atoms with Gasteiger partial charge < -0.3 is 0 Å². The highest BCUT2D eigenvalue weighted by Gasteiger charge is 2.13. The van der Waals surface area contributed by atoms with Crippen molar-refractivity contribution in [2.45, 2.75) is 32.7 Å². The first-order valence-electron chi connectivity index (χ1n) is 10.7. The first-order chi connectivity index (χ1) is 16.4. The van der Waals surface area contributed by atoms with Gasteiger partial charge in [-0.05, 0) is 35.9 Å². The van der Waals surface area contributed by atoms with Crippen molar-refractivity contribution < 1.29 is 13.6 Å². The number of rotatable bonds is 6. The summed E-state index contributed by atoms with van der Waals surface area (Å²) in [6, 6.07) is 9.01. The minimum atomic E-state index is -1.01. The average molecular weight is 458 g/mol. The van der Waals surface area contributed by atoms with Crippen molar-refractivity contribution in [2.24, 2.45) is 0 Å². The molecule has 0 radical (unpaired) electrons. The summed E-state index contributed by atoms with van der Waals surface area (Å²) < 4.78 is 27.8. The molecule has 0 aliphatic carbocycles. The zero-order valence-electron chi connectivity index (χ0n) is 18.4. The van der Waals surface area contributed by atoms with Crippen molar-refractivity contribution in [1.82, 2.24) is 19.5 Å². The summed E-state index contributed by atoms with van der Waals surface area (Å²) in [6.07, 6.45) is 5.32. The number of benzene rings is 2.